The van der Waals surface area contributed by atoms with Gasteiger partial charge in [-0.15, -0.1) is 0 Å². The minimum absolute atomic E-state index is 0.158. The van der Waals surface area contributed by atoms with E-state index in [4.69, 9.17) is 0 Å². The largest absolute Gasteiger partial charge is 0.353 e. The Labute approximate surface area is 137 Å². The van der Waals surface area contributed by atoms with Crippen LogP contribution in [0, 0.1) is 6.07 Å². The molecule has 4 nitrogen and oxygen atoms in total. The van der Waals surface area contributed by atoms with Gasteiger partial charge in [0.25, 0.3) is 0 Å². The smallest absolute Gasteiger partial charge is 0.219 e. The van der Waals surface area contributed by atoms with Gasteiger partial charge in [0.1, 0.15) is 5.82 Å². The summed E-state index contributed by atoms with van der Waals surface area (Å²) >= 11 is 0. The third kappa shape index (κ3) is 4.09. The lowest BCUT2D eigenvalue weighted by atomic mass is 10.1. The van der Waals surface area contributed by atoms with Crippen molar-refractivity contribution in [2.24, 2.45) is 0 Å². The molecular formula is C19H22N3O. The van der Waals surface area contributed by atoms with Gasteiger partial charge in [-0.3, -0.25) is 4.79 Å². The van der Waals surface area contributed by atoms with Crippen molar-refractivity contribution in [3.63, 3.8) is 0 Å². The standard InChI is InChI=1S/C19H22N3O/c1-16(23)21-11-13-22(14-12-21)19-10-9-18(15-20-19)8-7-17-5-3-2-4-6-17/h2-3,5-6,9-10,15H,7-8,11-14H2,1H3. The monoisotopic (exact) mass is 308 g/mol. The number of carbonyl (C=O) groups is 1. The van der Waals surface area contributed by atoms with Crippen LogP contribution >= 0.6 is 0 Å². The van der Waals surface area contributed by atoms with Crippen LogP contribution in [0.2, 0.25) is 0 Å². The molecule has 4 heteroatoms. The predicted molar refractivity (Wildman–Crippen MR) is 91.4 cm³/mol. The molecule has 2 aromatic rings. The van der Waals surface area contributed by atoms with Crippen molar-refractivity contribution in [1.82, 2.24) is 9.88 Å². The van der Waals surface area contributed by atoms with E-state index in [1.54, 1.807) is 6.92 Å². The second kappa shape index (κ2) is 7.27. The van der Waals surface area contributed by atoms with E-state index >= 15 is 0 Å². The number of rotatable bonds is 4. The first-order chi connectivity index (χ1) is 11.2. The van der Waals surface area contributed by atoms with Gasteiger partial charge >= 0.3 is 0 Å². The van der Waals surface area contributed by atoms with E-state index in [1.165, 1.54) is 11.1 Å². The molecule has 0 unspecified atom stereocenters. The Hall–Kier alpha value is -2.36. The van der Waals surface area contributed by atoms with E-state index < -0.39 is 0 Å². The van der Waals surface area contributed by atoms with Gasteiger partial charge in [0, 0.05) is 39.3 Å². The Morgan fingerprint density at radius 2 is 1.91 bits per heavy atom. The molecule has 0 saturated carbocycles. The summed E-state index contributed by atoms with van der Waals surface area (Å²) in [5, 5.41) is 0. The Balaban J connectivity index is 1.54. The molecule has 0 N–H and O–H groups in total. The molecule has 119 valence electrons. The first kappa shape index (κ1) is 15.5. The van der Waals surface area contributed by atoms with Gasteiger partial charge in [0.2, 0.25) is 5.91 Å². The highest BCUT2D eigenvalue weighted by atomic mass is 16.2. The van der Waals surface area contributed by atoms with Crippen molar-refractivity contribution < 1.29 is 4.79 Å². The summed E-state index contributed by atoms with van der Waals surface area (Å²) in [6.07, 6.45) is 3.97. The first-order valence-electron chi connectivity index (χ1n) is 8.13. The fourth-order valence-corrected chi connectivity index (χ4v) is 2.88. The van der Waals surface area contributed by atoms with E-state index in [1.807, 2.05) is 29.3 Å². The molecule has 3 rings (SSSR count). The molecule has 1 aliphatic heterocycles. The molecule has 23 heavy (non-hydrogen) atoms. The van der Waals surface area contributed by atoms with Gasteiger partial charge in [-0.2, -0.15) is 0 Å². The van der Waals surface area contributed by atoms with E-state index in [0.717, 1.165) is 44.8 Å². The van der Waals surface area contributed by atoms with Crippen LogP contribution in [-0.4, -0.2) is 42.0 Å². The lowest BCUT2D eigenvalue weighted by Gasteiger charge is -2.34. The molecule has 1 radical (unpaired) electrons. The van der Waals surface area contributed by atoms with E-state index in [9.17, 15) is 4.79 Å². The molecule has 1 aliphatic rings. The maximum absolute atomic E-state index is 11.4. The number of carbonyl (C=O) groups excluding carboxylic acids is 1. The van der Waals surface area contributed by atoms with Crippen LogP contribution in [0.25, 0.3) is 0 Å². The van der Waals surface area contributed by atoms with Crippen molar-refractivity contribution in [2.45, 2.75) is 19.8 Å². The molecule has 0 bridgehead atoms. The summed E-state index contributed by atoms with van der Waals surface area (Å²) in [7, 11) is 0. The summed E-state index contributed by atoms with van der Waals surface area (Å²) in [4.78, 5) is 20.1. The van der Waals surface area contributed by atoms with Crippen LogP contribution in [0.5, 0.6) is 0 Å². The first-order valence-corrected chi connectivity index (χ1v) is 8.13. The topological polar surface area (TPSA) is 36.4 Å². The highest BCUT2D eigenvalue weighted by Crippen LogP contribution is 2.15. The zero-order valence-corrected chi connectivity index (χ0v) is 13.5. The zero-order chi connectivity index (χ0) is 16.1. The average molecular weight is 308 g/mol. The summed E-state index contributed by atoms with van der Waals surface area (Å²) in [6, 6.07) is 15.5. The van der Waals surface area contributed by atoms with E-state index in [-0.39, 0.29) is 5.91 Å². The van der Waals surface area contributed by atoms with Crippen LogP contribution in [0.15, 0.2) is 42.6 Å². The number of nitrogens with zero attached hydrogens (tertiary/aromatic N) is 3. The number of aryl methyl sites for hydroxylation is 2. The molecule has 2 heterocycles. The average Bonchev–Trinajstić information content (AvgIpc) is 2.61. The summed E-state index contributed by atoms with van der Waals surface area (Å²) in [6.45, 7) is 4.90. The van der Waals surface area contributed by atoms with Crippen LogP contribution in [0.3, 0.4) is 0 Å². The Bertz CT molecular complexity index is 631. The number of anilines is 1. The maximum atomic E-state index is 11.4. The number of hydrogen-bond acceptors (Lipinski definition) is 3. The highest BCUT2D eigenvalue weighted by Gasteiger charge is 2.19. The van der Waals surface area contributed by atoms with Crippen molar-refractivity contribution in [3.8, 4) is 0 Å². The van der Waals surface area contributed by atoms with E-state index in [0.29, 0.717) is 0 Å². The fraction of sp³-hybridized carbons (Fsp3) is 0.368. The van der Waals surface area contributed by atoms with Gasteiger partial charge in [-0.25, -0.2) is 4.98 Å². The van der Waals surface area contributed by atoms with Crippen LogP contribution in [0.4, 0.5) is 5.82 Å². The Morgan fingerprint density at radius 3 is 2.52 bits per heavy atom. The van der Waals surface area contributed by atoms with Crippen LogP contribution in [0.1, 0.15) is 18.1 Å². The second-order valence-electron chi connectivity index (χ2n) is 5.93. The number of amides is 1. The molecule has 1 aromatic carbocycles. The lowest BCUT2D eigenvalue weighted by Crippen LogP contribution is -2.48. The molecular weight excluding hydrogens is 286 g/mol. The second-order valence-corrected chi connectivity index (χ2v) is 5.93. The van der Waals surface area contributed by atoms with Gasteiger partial charge < -0.3 is 9.80 Å². The van der Waals surface area contributed by atoms with Gasteiger partial charge in [0.15, 0.2) is 0 Å². The number of pyridine rings is 1. The summed E-state index contributed by atoms with van der Waals surface area (Å²) in [5.74, 6) is 1.16. The van der Waals surface area contributed by atoms with Gasteiger partial charge in [0.05, 0.1) is 0 Å². The minimum atomic E-state index is 0.158. The molecule has 0 aliphatic carbocycles. The molecule has 0 atom stereocenters. The third-order valence-corrected chi connectivity index (χ3v) is 4.33. The molecule has 1 fully saturated rings. The third-order valence-electron chi connectivity index (χ3n) is 4.33. The quantitative estimate of drug-likeness (QED) is 0.870. The van der Waals surface area contributed by atoms with Crippen molar-refractivity contribution in [1.29, 1.82) is 0 Å². The number of piperazine rings is 1. The predicted octanol–water partition coefficient (Wildman–Crippen LogP) is 2.34. The lowest BCUT2D eigenvalue weighted by molar-refractivity contribution is -0.129. The van der Waals surface area contributed by atoms with E-state index in [2.05, 4.69) is 34.1 Å². The maximum Gasteiger partial charge on any atom is 0.219 e. The minimum Gasteiger partial charge on any atom is -0.353 e. The SMILES string of the molecule is CC(=O)N1CCN(c2ccc(CCc3c[c]ccc3)cn2)CC1. The molecule has 0 spiro atoms. The van der Waals surface area contributed by atoms with Gasteiger partial charge in [-0.05, 0) is 36.1 Å². The Kier molecular flexibility index (Phi) is 4.91. The molecule has 1 amide bonds. The Morgan fingerprint density at radius 1 is 1.13 bits per heavy atom. The normalized spacial score (nSPS) is 14.8. The van der Waals surface area contributed by atoms with Crippen LogP contribution < -0.4 is 4.90 Å². The van der Waals surface area contributed by atoms with Crippen molar-refractivity contribution >= 4 is 11.7 Å². The number of aromatic nitrogens is 1. The summed E-state index contributed by atoms with van der Waals surface area (Å²) < 4.78 is 0. The van der Waals surface area contributed by atoms with Crippen molar-refractivity contribution in [2.75, 3.05) is 31.1 Å². The molecule has 1 aromatic heterocycles. The highest BCUT2D eigenvalue weighted by molar-refractivity contribution is 5.73. The van der Waals surface area contributed by atoms with Crippen molar-refractivity contribution in [3.05, 3.63) is 59.8 Å². The van der Waals surface area contributed by atoms with Gasteiger partial charge in [-0.1, -0.05) is 30.3 Å². The molecule has 1 saturated heterocycles. The fourth-order valence-electron chi connectivity index (χ4n) is 2.88. The number of benzene rings is 1. The zero-order valence-electron chi connectivity index (χ0n) is 13.5. The number of hydrogen-bond donors (Lipinski definition) is 0. The van der Waals surface area contributed by atoms with Crippen LogP contribution in [-0.2, 0) is 17.6 Å². The summed E-state index contributed by atoms with van der Waals surface area (Å²) in [5.41, 5.74) is 2.55.